The molecular weight excluding hydrogens is 310 g/mol. The molecule has 4 nitrogen and oxygen atoms in total. The fraction of sp³-hybridized carbons (Fsp3) is 0.444. The van der Waals surface area contributed by atoms with Gasteiger partial charge in [-0.1, -0.05) is 0 Å². The number of ether oxygens (including phenoxy) is 1. The molecule has 2 heterocycles. The number of nitrogens with one attached hydrogen (secondary N) is 1. The van der Waals surface area contributed by atoms with Gasteiger partial charge in [0.2, 0.25) is 0 Å². The summed E-state index contributed by atoms with van der Waals surface area (Å²) in [6, 6.07) is 10.4. The third kappa shape index (κ3) is 3.91. The SMILES string of the molecule is COc1ccc2c(c1)[C@H](N[C@H](C)C[C@@H](O)c1ccco1)CCS2. The Morgan fingerprint density at radius 3 is 3.04 bits per heavy atom. The molecule has 0 fully saturated rings. The third-order valence-corrected chi connectivity index (χ3v) is 5.31. The van der Waals surface area contributed by atoms with E-state index in [1.807, 2.05) is 23.9 Å². The second-order valence-corrected chi connectivity index (χ2v) is 7.06. The lowest BCUT2D eigenvalue weighted by atomic mass is 10.0. The monoisotopic (exact) mass is 333 g/mol. The van der Waals surface area contributed by atoms with Crippen LogP contribution < -0.4 is 10.1 Å². The second-order valence-electron chi connectivity index (χ2n) is 5.93. The van der Waals surface area contributed by atoms with Crippen molar-refractivity contribution in [1.82, 2.24) is 5.32 Å². The highest BCUT2D eigenvalue weighted by molar-refractivity contribution is 7.99. The summed E-state index contributed by atoms with van der Waals surface area (Å²) in [5.41, 5.74) is 1.29. The number of thioether (sulfide) groups is 1. The molecule has 0 aliphatic carbocycles. The number of methoxy groups -OCH3 is 1. The Bertz CT molecular complexity index is 629. The van der Waals surface area contributed by atoms with E-state index < -0.39 is 6.10 Å². The minimum Gasteiger partial charge on any atom is -0.497 e. The third-order valence-electron chi connectivity index (χ3n) is 4.19. The van der Waals surface area contributed by atoms with Crippen LogP contribution in [0.25, 0.3) is 0 Å². The average molecular weight is 333 g/mol. The molecule has 1 aliphatic heterocycles. The number of hydrogen-bond donors (Lipinski definition) is 2. The van der Waals surface area contributed by atoms with Gasteiger partial charge >= 0.3 is 0 Å². The lowest BCUT2D eigenvalue weighted by molar-refractivity contribution is 0.126. The smallest absolute Gasteiger partial charge is 0.132 e. The van der Waals surface area contributed by atoms with Crippen LogP contribution >= 0.6 is 11.8 Å². The van der Waals surface area contributed by atoms with Gasteiger partial charge in [0.25, 0.3) is 0 Å². The Morgan fingerprint density at radius 2 is 2.30 bits per heavy atom. The van der Waals surface area contributed by atoms with E-state index in [-0.39, 0.29) is 6.04 Å². The highest BCUT2D eigenvalue weighted by atomic mass is 32.2. The molecule has 0 unspecified atom stereocenters. The summed E-state index contributed by atoms with van der Waals surface area (Å²) in [7, 11) is 1.70. The van der Waals surface area contributed by atoms with Crippen molar-refractivity contribution in [3.05, 3.63) is 47.9 Å². The summed E-state index contributed by atoms with van der Waals surface area (Å²) >= 11 is 1.89. The molecule has 0 spiro atoms. The predicted molar refractivity (Wildman–Crippen MR) is 92.0 cm³/mol. The molecule has 3 rings (SSSR count). The van der Waals surface area contributed by atoms with Gasteiger partial charge in [0.05, 0.1) is 13.4 Å². The number of aliphatic hydroxyl groups is 1. The highest BCUT2D eigenvalue weighted by Crippen LogP contribution is 2.38. The van der Waals surface area contributed by atoms with Gasteiger partial charge in [-0.05, 0) is 61.4 Å². The normalized spacial score (nSPS) is 19.9. The van der Waals surface area contributed by atoms with Crippen LogP contribution in [0.15, 0.2) is 45.9 Å². The van der Waals surface area contributed by atoms with Crippen molar-refractivity contribution in [2.75, 3.05) is 12.9 Å². The number of benzene rings is 1. The molecule has 0 saturated heterocycles. The number of hydrogen-bond acceptors (Lipinski definition) is 5. The molecule has 5 heteroatoms. The quantitative estimate of drug-likeness (QED) is 0.839. The van der Waals surface area contributed by atoms with E-state index in [1.165, 1.54) is 10.5 Å². The molecular formula is C18H23NO3S. The maximum absolute atomic E-state index is 10.2. The lowest BCUT2D eigenvalue weighted by Gasteiger charge is -2.29. The first-order valence-corrected chi connectivity index (χ1v) is 8.94. The maximum atomic E-state index is 10.2. The van der Waals surface area contributed by atoms with Crippen LogP contribution in [0.2, 0.25) is 0 Å². The van der Waals surface area contributed by atoms with Crippen LogP contribution in [0.3, 0.4) is 0 Å². The van der Waals surface area contributed by atoms with E-state index in [2.05, 4.69) is 24.4 Å². The minimum atomic E-state index is -0.574. The van der Waals surface area contributed by atoms with Gasteiger partial charge in [-0.25, -0.2) is 0 Å². The molecule has 124 valence electrons. The van der Waals surface area contributed by atoms with Crippen LogP contribution in [-0.2, 0) is 0 Å². The van der Waals surface area contributed by atoms with Gasteiger partial charge in [-0.15, -0.1) is 11.8 Å². The van der Waals surface area contributed by atoms with E-state index in [4.69, 9.17) is 9.15 Å². The van der Waals surface area contributed by atoms with Crippen LogP contribution in [0, 0.1) is 0 Å². The molecule has 1 aliphatic rings. The van der Waals surface area contributed by atoms with Crippen LogP contribution in [-0.4, -0.2) is 24.0 Å². The maximum Gasteiger partial charge on any atom is 0.132 e. The zero-order valence-electron chi connectivity index (χ0n) is 13.5. The Morgan fingerprint density at radius 1 is 1.43 bits per heavy atom. The zero-order valence-corrected chi connectivity index (χ0v) is 14.3. The summed E-state index contributed by atoms with van der Waals surface area (Å²) < 4.78 is 10.6. The lowest BCUT2D eigenvalue weighted by Crippen LogP contribution is -2.33. The van der Waals surface area contributed by atoms with Gasteiger partial charge in [0.15, 0.2) is 0 Å². The average Bonchev–Trinajstić information content (AvgIpc) is 3.09. The van der Waals surface area contributed by atoms with Crippen molar-refractivity contribution < 1.29 is 14.3 Å². The second kappa shape index (κ2) is 7.43. The zero-order chi connectivity index (χ0) is 16.2. The fourth-order valence-electron chi connectivity index (χ4n) is 3.02. The summed E-state index contributed by atoms with van der Waals surface area (Å²) in [6.07, 6.45) is 2.72. The van der Waals surface area contributed by atoms with Crippen molar-refractivity contribution in [1.29, 1.82) is 0 Å². The Hall–Kier alpha value is -1.43. The molecule has 1 aromatic carbocycles. The number of furan rings is 1. The van der Waals surface area contributed by atoms with Crippen LogP contribution in [0.4, 0.5) is 0 Å². The predicted octanol–water partition coefficient (Wildman–Crippen LogP) is 3.93. The van der Waals surface area contributed by atoms with Crippen molar-refractivity contribution in [3.8, 4) is 5.75 Å². The molecule has 3 atom stereocenters. The molecule has 2 N–H and O–H groups in total. The Balaban J connectivity index is 1.66. The first kappa shape index (κ1) is 16.4. The summed E-state index contributed by atoms with van der Waals surface area (Å²) in [5, 5.41) is 13.9. The number of aliphatic hydroxyl groups excluding tert-OH is 1. The van der Waals surface area contributed by atoms with Crippen molar-refractivity contribution in [2.45, 2.75) is 42.8 Å². The topological polar surface area (TPSA) is 54.6 Å². The van der Waals surface area contributed by atoms with E-state index in [1.54, 1.807) is 19.4 Å². The van der Waals surface area contributed by atoms with Gasteiger partial charge in [0.1, 0.15) is 17.6 Å². The molecule has 0 bridgehead atoms. The van der Waals surface area contributed by atoms with Gasteiger partial charge in [0, 0.05) is 17.0 Å². The van der Waals surface area contributed by atoms with E-state index in [0.29, 0.717) is 18.2 Å². The summed E-state index contributed by atoms with van der Waals surface area (Å²) in [4.78, 5) is 1.31. The van der Waals surface area contributed by atoms with Gasteiger partial charge < -0.3 is 19.6 Å². The van der Waals surface area contributed by atoms with Crippen LogP contribution in [0.1, 0.15) is 43.2 Å². The van der Waals surface area contributed by atoms with Gasteiger partial charge in [-0.2, -0.15) is 0 Å². The fourth-order valence-corrected chi connectivity index (χ4v) is 4.12. The van der Waals surface area contributed by atoms with E-state index in [0.717, 1.165) is 17.9 Å². The standard InChI is InChI=1S/C18H23NO3S/c1-12(10-16(20)17-4-3-8-22-17)19-15-7-9-23-18-6-5-13(21-2)11-14(15)18/h3-6,8,11-12,15-16,19-20H,7,9-10H2,1-2H3/t12-,15-,16-/m1/s1. The molecule has 23 heavy (non-hydrogen) atoms. The number of rotatable bonds is 6. The summed E-state index contributed by atoms with van der Waals surface area (Å²) in [5.74, 6) is 2.62. The van der Waals surface area contributed by atoms with Crippen molar-refractivity contribution >= 4 is 11.8 Å². The highest BCUT2D eigenvalue weighted by Gasteiger charge is 2.24. The largest absolute Gasteiger partial charge is 0.497 e. The van der Waals surface area contributed by atoms with E-state index in [9.17, 15) is 5.11 Å². The molecule has 0 amide bonds. The molecule has 1 aromatic heterocycles. The Labute approximate surface area is 141 Å². The first-order chi connectivity index (χ1) is 11.2. The van der Waals surface area contributed by atoms with Gasteiger partial charge in [-0.3, -0.25) is 0 Å². The van der Waals surface area contributed by atoms with E-state index >= 15 is 0 Å². The minimum absolute atomic E-state index is 0.183. The molecule has 0 saturated carbocycles. The van der Waals surface area contributed by atoms with Crippen molar-refractivity contribution in [2.24, 2.45) is 0 Å². The summed E-state index contributed by atoms with van der Waals surface area (Å²) in [6.45, 7) is 2.10. The molecule has 0 radical (unpaired) electrons. The van der Waals surface area contributed by atoms with Crippen molar-refractivity contribution in [3.63, 3.8) is 0 Å². The Kier molecular flexibility index (Phi) is 5.30. The molecule has 2 aromatic rings. The van der Waals surface area contributed by atoms with Crippen LogP contribution in [0.5, 0.6) is 5.75 Å². The first-order valence-electron chi connectivity index (χ1n) is 7.95. The number of fused-ring (bicyclic) bond motifs is 1.